The average Bonchev–Trinajstić information content (AvgIpc) is 2.62. The van der Waals surface area contributed by atoms with Crippen LogP contribution in [-0.4, -0.2) is 65.8 Å². The molecular formula is C19H28N2O3. The Morgan fingerprint density at radius 3 is 2.83 bits per heavy atom. The Balaban J connectivity index is 1.62. The number of hydrogen-bond donors (Lipinski definition) is 1. The third-order valence-electron chi connectivity index (χ3n) is 5.26. The lowest BCUT2D eigenvalue weighted by Gasteiger charge is -2.42. The Morgan fingerprint density at radius 1 is 1.29 bits per heavy atom. The molecule has 0 bridgehead atoms. The van der Waals surface area contributed by atoms with Crippen LogP contribution < -0.4 is 0 Å². The lowest BCUT2D eigenvalue weighted by Crippen LogP contribution is -2.57. The summed E-state index contributed by atoms with van der Waals surface area (Å²) in [4.78, 5) is 17.1. The zero-order chi connectivity index (χ0) is 16.9. The highest BCUT2D eigenvalue weighted by molar-refractivity contribution is 5.81. The molecule has 1 amide bonds. The van der Waals surface area contributed by atoms with Gasteiger partial charge in [-0.2, -0.15) is 0 Å². The van der Waals surface area contributed by atoms with Gasteiger partial charge >= 0.3 is 0 Å². The van der Waals surface area contributed by atoms with Crippen LogP contribution in [-0.2, 0) is 16.1 Å². The third kappa shape index (κ3) is 3.97. The number of hydrogen-bond acceptors (Lipinski definition) is 4. The second kappa shape index (κ2) is 8.10. The Bertz CT molecular complexity index is 537. The fourth-order valence-electron chi connectivity index (χ4n) is 3.82. The number of rotatable bonds is 4. The van der Waals surface area contributed by atoms with E-state index < -0.39 is 6.10 Å². The van der Waals surface area contributed by atoms with Crippen LogP contribution in [0.15, 0.2) is 30.3 Å². The zero-order valence-electron chi connectivity index (χ0n) is 14.4. The topological polar surface area (TPSA) is 53.0 Å². The highest BCUT2D eigenvalue weighted by Crippen LogP contribution is 2.25. The molecule has 5 heteroatoms. The number of carbonyl (C=O) groups excluding carboxylic acids is 1. The van der Waals surface area contributed by atoms with Crippen LogP contribution in [0.4, 0.5) is 0 Å². The molecule has 2 saturated heterocycles. The van der Waals surface area contributed by atoms with E-state index in [0.717, 1.165) is 32.5 Å². The van der Waals surface area contributed by atoms with Crippen molar-refractivity contribution in [3.05, 3.63) is 35.9 Å². The molecule has 2 heterocycles. The highest BCUT2D eigenvalue weighted by Gasteiger charge is 2.37. The SMILES string of the molecule is CC1CCCN(C(=O)C2CN(Cc3ccccc3)CCO2)C1CO. The van der Waals surface area contributed by atoms with Crippen molar-refractivity contribution < 1.29 is 14.6 Å². The maximum atomic E-state index is 12.9. The third-order valence-corrected chi connectivity index (χ3v) is 5.26. The number of amides is 1. The number of aliphatic hydroxyl groups is 1. The van der Waals surface area contributed by atoms with E-state index in [4.69, 9.17) is 4.74 Å². The van der Waals surface area contributed by atoms with E-state index in [1.807, 2.05) is 23.1 Å². The number of morpholine rings is 1. The van der Waals surface area contributed by atoms with Crippen molar-refractivity contribution >= 4 is 5.91 Å². The quantitative estimate of drug-likeness (QED) is 0.908. The number of ether oxygens (including phenoxy) is 1. The first-order valence-electron chi connectivity index (χ1n) is 8.98. The maximum absolute atomic E-state index is 12.9. The monoisotopic (exact) mass is 332 g/mol. The van der Waals surface area contributed by atoms with Gasteiger partial charge in [-0.1, -0.05) is 37.3 Å². The zero-order valence-corrected chi connectivity index (χ0v) is 14.4. The van der Waals surface area contributed by atoms with Gasteiger partial charge in [-0.15, -0.1) is 0 Å². The number of carbonyl (C=O) groups is 1. The van der Waals surface area contributed by atoms with Crippen LogP contribution in [0.2, 0.25) is 0 Å². The van der Waals surface area contributed by atoms with Crippen molar-refractivity contribution in [1.82, 2.24) is 9.80 Å². The number of benzene rings is 1. The molecule has 0 saturated carbocycles. The lowest BCUT2D eigenvalue weighted by atomic mass is 9.91. The van der Waals surface area contributed by atoms with Crippen LogP contribution >= 0.6 is 0 Å². The smallest absolute Gasteiger partial charge is 0.253 e. The molecule has 3 rings (SSSR count). The molecule has 5 nitrogen and oxygen atoms in total. The fourth-order valence-corrected chi connectivity index (χ4v) is 3.82. The summed E-state index contributed by atoms with van der Waals surface area (Å²) in [5.74, 6) is 0.384. The van der Waals surface area contributed by atoms with Crippen molar-refractivity contribution in [1.29, 1.82) is 0 Å². The van der Waals surface area contributed by atoms with E-state index >= 15 is 0 Å². The second-order valence-corrected chi connectivity index (χ2v) is 6.98. The molecule has 0 aliphatic carbocycles. The van der Waals surface area contributed by atoms with Crippen molar-refractivity contribution in [2.24, 2.45) is 5.92 Å². The van der Waals surface area contributed by atoms with E-state index in [-0.39, 0.29) is 18.6 Å². The number of piperidine rings is 1. The van der Waals surface area contributed by atoms with Crippen LogP contribution in [0.25, 0.3) is 0 Å². The summed E-state index contributed by atoms with van der Waals surface area (Å²) in [5.41, 5.74) is 1.26. The first-order chi connectivity index (χ1) is 11.7. The number of aliphatic hydroxyl groups excluding tert-OH is 1. The minimum Gasteiger partial charge on any atom is -0.394 e. The van der Waals surface area contributed by atoms with Crippen molar-refractivity contribution in [2.75, 3.05) is 32.8 Å². The van der Waals surface area contributed by atoms with Gasteiger partial charge < -0.3 is 14.7 Å². The molecule has 0 aromatic heterocycles. The van der Waals surface area contributed by atoms with Gasteiger partial charge in [0, 0.05) is 26.2 Å². The second-order valence-electron chi connectivity index (χ2n) is 6.98. The lowest BCUT2D eigenvalue weighted by molar-refractivity contribution is -0.156. The van der Waals surface area contributed by atoms with Gasteiger partial charge in [0.25, 0.3) is 5.91 Å². The van der Waals surface area contributed by atoms with Gasteiger partial charge in [-0.05, 0) is 24.3 Å². The summed E-state index contributed by atoms with van der Waals surface area (Å²) < 4.78 is 5.77. The highest BCUT2D eigenvalue weighted by atomic mass is 16.5. The minimum absolute atomic E-state index is 0.0351. The minimum atomic E-state index is -0.415. The first-order valence-corrected chi connectivity index (χ1v) is 8.98. The van der Waals surface area contributed by atoms with E-state index in [0.29, 0.717) is 19.1 Å². The fraction of sp³-hybridized carbons (Fsp3) is 0.632. The van der Waals surface area contributed by atoms with Gasteiger partial charge in [-0.3, -0.25) is 9.69 Å². The summed E-state index contributed by atoms with van der Waals surface area (Å²) >= 11 is 0. The Hall–Kier alpha value is -1.43. The van der Waals surface area contributed by atoms with Gasteiger partial charge in [0.15, 0.2) is 0 Å². The summed E-state index contributed by atoms with van der Waals surface area (Å²) in [5, 5.41) is 9.68. The molecule has 1 N–H and O–H groups in total. The summed E-state index contributed by atoms with van der Waals surface area (Å²) in [6, 6.07) is 10.3. The van der Waals surface area contributed by atoms with E-state index in [2.05, 4.69) is 24.0 Å². The summed E-state index contributed by atoms with van der Waals surface area (Å²) in [7, 11) is 0. The van der Waals surface area contributed by atoms with Gasteiger partial charge in [0.2, 0.25) is 0 Å². The molecule has 2 aliphatic rings. The Morgan fingerprint density at radius 2 is 2.08 bits per heavy atom. The maximum Gasteiger partial charge on any atom is 0.253 e. The molecule has 2 aliphatic heterocycles. The van der Waals surface area contributed by atoms with E-state index in [9.17, 15) is 9.90 Å². The van der Waals surface area contributed by atoms with Crippen LogP contribution in [0.3, 0.4) is 0 Å². The standard InChI is InChI=1S/C19H28N2O3/c1-15-6-5-9-21(17(15)14-22)19(23)18-13-20(10-11-24-18)12-16-7-3-2-4-8-16/h2-4,7-8,15,17-18,22H,5-6,9-14H2,1H3. The van der Waals surface area contributed by atoms with Crippen LogP contribution in [0, 0.1) is 5.92 Å². The number of nitrogens with zero attached hydrogens (tertiary/aromatic N) is 2. The molecule has 2 fully saturated rings. The van der Waals surface area contributed by atoms with Gasteiger partial charge in [0.1, 0.15) is 6.10 Å². The summed E-state index contributed by atoms with van der Waals surface area (Å²) in [6.45, 7) is 5.77. The first kappa shape index (κ1) is 17.4. The molecule has 3 unspecified atom stereocenters. The molecule has 0 spiro atoms. The average molecular weight is 332 g/mol. The molecule has 24 heavy (non-hydrogen) atoms. The Labute approximate surface area is 144 Å². The molecule has 1 aromatic rings. The predicted octanol–water partition coefficient (Wildman–Crippen LogP) is 1.51. The molecule has 3 atom stereocenters. The van der Waals surface area contributed by atoms with Gasteiger partial charge in [-0.25, -0.2) is 0 Å². The molecule has 1 aromatic carbocycles. The van der Waals surface area contributed by atoms with Crippen molar-refractivity contribution in [2.45, 2.75) is 38.5 Å². The van der Waals surface area contributed by atoms with Crippen molar-refractivity contribution in [3.63, 3.8) is 0 Å². The molecular weight excluding hydrogens is 304 g/mol. The molecule has 0 radical (unpaired) electrons. The van der Waals surface area contributed by atoms with Crippen LogP contribution in [0.1, 0.15) is 25.3 Å². The Kier molecular flexibility index (Phi) is 5.87. The number of likely N-dealkylation sites (tertiary alicyclic amines) is 1. The predicted molar refractivity (Wildman–Crippen MR) is 92.4 cm³/mol. The molecule has 132 valence electrons. The van der Waals surface area contributed by atoms with Crippen molar-refractivity contribution in [3.8, 4) is 0 Å². The largest absolute Gasteiger partial charge is 0.394 e. The van der Waals surface area contributed by atoms with E-state index in [1.54, 1.807) is 0 Å². The van der Waals surface area contributed by atoms with Gasteiger partial charge in [0.05, 0.1) is 19.3 Å². The summed E-state index contributed by atoms with van der Waals surface area (Å²) in [6.07, 6.45) is 1.66. The van der Waals surface area contributed by atoms with E-state index in [1.165, 1.54) is 5.56 Å². The normalized spacial score (nSPS) is 28.8. The van der Waals surface area contributed by atoms with Crippen LogP contribution in [0.5, 0.6) is 0 Å².